The van der Waals surface area contributed by atoms with Gasteiger partial charge in [-0.3, -0.25) is 14.4 Å². The highest BCUT2D eigenvalue weighted by atomic mass is 16.5. The van der Waals surface area contributed by atoms with Gasteiger partial charge in [-0.2, -0.15) is 5.10 Å². The fourth-order valence-corrected chi connectivity index (χ4v) is 2.79. The summed E-state index contributed by atoms with van der Waals surface area (Å²) in [6.07, 6.45) is 1.36. The summed E-state index contributed by atoms with van der Waals surface area (Å²) in [6, 6.07) is 11.3. The Kier molecular flexibility index (Phi) is 8.76. The first kappa shape index (κ1) is 24.4. The van der Waals surface area contributed by atoms with Crippen LogP contribution in [-0.4, -0.2) is 43.7 Å². The largest absolute Gasteiger partial charge is 0.493 e. The van der Waals surface area contributed by atoms with E-state index < -0.39 is 17.9 Å². The number of aryl methyl sites for hydroxylation is 1. The maximum atomic E-state index is 12.7. The smallest absolute Gasteiger partial charge is 0.262 e. The second-order valence-corrected chi connectivity index (χ2v) is 7.43. The zero-order valence-corrected chi connectivity index (χ0v) is 18.5. The Labute approximate surface area is 187 Å². The summed E-state index contributed by atoms with van der Waals surface area (Å²) in [7, 11) is 1.46. The minimum atomic E-state index is -0.795. The van der Waals surface area contributed by atoms with Crippen LogP contribution in [0.25, 0.3) is 0 Å². The van der Waals surface area contributed by atoms with Crippen LogP contribution < -0.4 is 25.9 Å². The van der Waals surface area contributed by atoms with Crippen LogP contribution in [0, 0.1) is 12.8 Å². The summed E-state index contributed by atoms with van der Waals surface area (Å²) < 4.78 is 10.6. The third-order valence-corrected chi connectivity index (χ3v) is 4.52. The van der Waals surface area contributed by atoms with Crippen LogP contribution in [0.2, 0.25) is 0 Å². The van der Waals surface area contributed by atoms with Crippen molar-refractivity contribution in [2.24, 2.45) is 16.8 Å². The number of primary amides is 1. The lowest BCUT2D eigenvalue weighted by molar-refractivity contribution is -0.124. The van der Waals surface area contributed by atoms with E-state index in [0.717, 1.165) is 5.56 Å². The molecule has 0 aliphatic carbocycles. The number of carbonyl (C=O) groups is 3. The Morgan fingerprint density at radius 1 is 1.12 bits per heavy atom. The van der Waals surface area contributed by atoms with Gasteiger partial charge in [-0.25, -0.2) is 5.43 Å². The molecular weight excluding hydrogens is 412 g/mol. The normalized spacial score (nSPS) is 11.8. The molecule has 1 unspecified atom stereocenters. The van der Waals surface area contributed by atoms with E-state index in [1.54, 1.807) is 30.3 Å². The van der Waals surface area contributed by atoms with E-state index in [-0.39, 0.29) is 24.2 Å². The number of amides is 3. The molecule has 4 N–H and O–H groups in total. The molecule has 0 spiro atoms. The van der Waals surface area contributed by atoms with Gasteiger partial charge in [0.25, 0.3) is 17.7 Å². The van der Waals surface area contributed by atoms with Crippen molar-refractivity contribution in [2.45, 2.75) is 26.8 Å². The van der Waals surface area contributed by atoms with Crippen molar-refractivity contribution >= 4 is 23.9 Å². The number of para-hydroxylation sites is 1. The highest BCUT2D eigenvalue weighted by Gasteiger charge is 2.24. The lowest BCUT2D eigenvalue weighted by Gasteiger charge is -2.20. The van der Waals surface area contributed by atoms with E-state index in [1.807, 2.05) is 32.9 Å². The van der Waals surface area contributed by atoms with Crippen molar-refractivity contribution in [3.05, 3.63) is 59.2 Å². The number of carbonyl (C=O) groups excluding carboxylic acids is 3. The molecule has 0 aliphatic rings. The Hall–Kier alpha value is -3.88. The molecule has 0 fully saturated rings. The van der Waals surface area contributed by atoms with E-state index in [0.29, 0.717) is 16.9 Å². The molecule has 1 atom stereocenters. The third-order valence-electron chi connectivity index (χ3n) is 4.52. The van der Waals surface area contributed by atoms with Gasteiger partial charge in [-0.05, 0) is 37.1 Å². The summed E-state index contributed by atoms with van der Waals surface area (Å²) in [5, 5.41) is 6.71. The number of ether oxygens (including phenoxy) is 2. The Morgan fingerprint density at radius 2 is 1.81 bits per heavy atom. The van der Waals surface area contributed by atoms with Crippen molar-refractivity contribution in [2.75, 3.05) is 13.7 Å². The van der Waals surface area contributed by atoms with Gasteiger partial charge < -0.3 is 20.5 Å². The maximum Gasteiger partial charge on any atom is 0.262 e. The van der Waals surface area contributed by atoms with E-state index in [2.05, 4.69) is 15.8 Å². The van der Waals surface area contributed by atoms with E-state index >= 15 is 0 Å². The fourth-order valence-electron chi connectivity index (χ4n) is 2.79. The van der Waals surface area contributed by atoms with Crippen molar-refractivity contribution in [3.63, 3.8) is 0 Å². The molecule has 2 rings (SSSR count). The molecule has 0 bridgehead atoms. The van der Waals surface area contributed by atoms with E-state index in [9.17, 15) is 14.4 Å². The number of methoxy groups -OCH3 is 1. The maximum absolute atomic E-state index is 12.7. The number of nitrogens with zero attached hydrogens (tertiary/aromatic N) is 1. The molecule has 2 aromatic carbocycles. The van der Waals surface area contributed by atoms with Crippen LogP contribution in [-0.2, 0) is 9.59 Å². The van der Waals surface area contributed by atoms with E-state index in [1.165, 1.54) is 13.3 Å². The molecule has 9 nitrogen and oxygen atoms in total. The summed E-state index contributed by atoms with van der Waals surface area (Å²) in [6.45, 7) is 5.23. The van der Waals surface area contributed by atoms with Gasteiger partial charge in [0.2, 0.25) is 0 Å². The number of hydrogen-bond acceptors (Lipinski definition) is 6. The third kappa shape index (κ3) is 6.83. The van der Waals surface area contributed by atoms with Crippen molar-refractivity contribution < 1.29 is 23.9 Å². The highest BCUT2D eigenvalue weighted by Crippen LogP contribution is 2.29. The monoisotopic (exact) mass is 440 g/mol. The first-order valence-corrected chi connectivity index (χ1v) is 10.0. The molecule has 2 aromatic rings. The van der Waals surface area contributed by atoms with Gasteiger partial charge in [0.15, 0.2) is 18.1 Å². The van der Waals surface area contributed by atoms with Gasteiger partial charge >= 0.3 is 0 Å². The molecule has 0 saturated heterocycles. The number of nitrogens with two attached hydrogens (primary N) is 1. The van der Waals surface area contributed by atoms with Crippen LogP contribution in [0.15, 0.2) is 47.6 Å². The molecule has 32 heavy (non-hydrogen) atoms. The minimum Gasteiger partial charge on any atom is -0.493 e. The summed E-state index contributed by atoms with van der Waals surface area (Å²) >= 11 is 0. The van der Waals surface area contributed by atoms with Gasteiger partial charge in [0.1, 0.15) is 6.04 Å². The first-order valence-electron chi connectivity index (χ1n) is 10.0. The number of nitrogens with one attached hydrogen (secondary N) is 2. The first-order chi connectivity index (χ1) is 15.2. The van der Waals surface area contributed by atoms with Crippen LogP contribution in [0.3, 0.4) is 0 Å². The lowest BCUT2D eigenvalue weighted by atomic mass is 10.0. The number of hydrazone groups is 1. The molecule has 0 heterocycles. The molecule has 9 heteroatoms. The summed E-state index contributed by atoms with van der Waals surface area (Å²) in [5.41, 5.74) is 9.54. The Morgan fingerprint density at radius 3 is 2.41 bits per heavy atom. The van der Waals surface area contributed by atoms with Gasteiger partial charge in [0.05, 0.1) is 13.3 Å². The Bertz CT molecular complexity index is 986. The zero-order chi connectivity index (χ0) is 23.7. The number of benzene rings is 2. The van der Waals surface area contributed by atoms with Crippen LogP contribution in [0.4, 0.5) is 0 Å². The zero-order valence-electron chi connectivity index (χ0n) is 18.5. The van der Waals surface area contributed by atoms with Gasteiger partial charge in [-0.1, -0.05) is 37.6 Å². The Balaban J connectivity index is 2.10. The minimum absolute atomic E-state index is 0.175. The van der Waals surface area contributed by atoms with Crippen molar-refractivity contribution in [3.8, 4) is 11.5 Å². The molecule has 3 amide bonds. The summed E-state index contributed by atoms with van der Waals surface area (Å²) in [4.78, 5) is 36.2. The van der Waals surface area contributed by atoms with Gasteiger partial charge in [0, 0.05) is 11.1 Å². The SMILES string of the molecule is COc1cccc(C=NNC(=O)C(NC(=O)c2ccc(C)cc2)C(C)C)c1OCC(N)=O. The fraction of sp³-hybridized carbons (Fsp3) is 0.304. The lowest BCUT2D eigenvalue weighted by Crippen LogP contribution is -2.48. The predicted octanol–water partition coefficient (Wildman–Crippen LogP) is 1.77. The topological polar surface area (TPSA) is 132 Å². The molecule has 0 radical (unpaired) electrons. The van der Waals surface area contributed by atoms with Gasteiger partial charge in [-0.15, -0.1) is 0 Å². The van der Waals surface area contributed by atoms with Crippen LogP contribution in [0.1, 0.15) is 35.3 Å². The van der Waals surface area contributed by atoms with Crippen molar-refractivity contribution in [1.82, 2.24) is 10.7 Å². The standard InChI is InChI=1S/C23H28N4O5/c1-14(2)20(26-22(29)16-10-8-15(3)9-11-16)23(30)27-25-12-17-6-5-7-18(31-4)21(17)32-13-19(24)28/h5-12,14,20H,13H2,1-4H3,(H2,24,28)(H,26,29)(H,27,30). The second-order valence-electron chi connectivity index (χ2n) is 7.43. The van der Waals surface area contributed by atoms with E-state index in [4.69, 9.17) is 15.2 Å². The molecule has 0 aromatic heterocycles. The predicted molar refractivity (Wildman–Crippen MR) is 121 cm³/mol. The number of rotatable bonds is 10. The van der Waals surface area contributed by atoms with Crippen LogP contribution >= 0.6 is 0 Å². The molecular formula is C23H28N4O5. The highest BCUT2D eigenvalue weighted by molar-refractivity contribution is 5.97. The quantitative estimate of drug-likeness (QED) is 0.383. The van der Waals surface area contributed by atoms with Crippen molar-refractivity contribution in [1.29, 1.82) is 0 Å². The second kappa shape index (κ2) is 11.5. The average Bonchev–Trinajstić information content (AvgIpc) is 2.76. The molecule has 170 valence electrons. The van der Waals surface area contributed by atoms with Crippen LogP contribution in [0.5, 0.6) is 11.5 Å². The average molecular weight is 441 g/mol. The molecule has 0 aliphatic heterocycles. The molecule has 0 saturated carbocycles. The summed E-state index contributed by atoms with van der Waals surface area (Å²) in [5.74, 6) is -0.995. The number of hydrogen-bond donors (Lipinski definition) is 3.